The van der Waals surface area contributed by atoms with Crippen LogP contribution in [-0.4, -0.2) is 110 Å². The van der Waals surface area contributed by atoms with Crippen molar-refractivity contribution in [1.82, 2.24) is 0 Å². The van der Waals surface area contributed by atoms with Crippen LogP contribution in [0.15, 0.2) is 35.3 Å². The fourth-order valence-electron chi connectivity index (χ4n) is 5.91. The number of rotatable bonds is 9. The second kappa shape index (κ2) is 13.4. The summed E-state index contributed by atoms with van der Waals surface area (Å²) in [7, 11) is 0. The first kappa shape index (κ1) is 33.4. The molecule has 0 N–H and O–H groups in total. The van der Waals surface area contributed by atoms with E-state index in [2.05, 4.69) is 4.99 Å². The number of ether oxygens (including phenoxy) is 10. The van der Waals surface area contributed by atoms with Gasteiger partial charge >= 0.3 is 17.9 Å². The van der Waals surface area contributed by atoms with Crippen LogP contribution in [0, 0.1) is 0 Å². The lowest BCUT2D eigenvalue weighted by Gasteiger charge is -2.44. The molecule has 0 saturated carbocycles. The Morgan fingerprint density at radius 3 is 2.04 bits per heavy atom. The Balaban J connectivity index is 1.44. The van der Waals surface area contributed by atoms with Crippen molar-refractivity contribution in [3.8, 4) is 0 Å². The quantitative estimate of drug-likeness (QED) is 0.221. The van der Waals surface area contributed by atoms with Crippen LogP contribution in [0.4, 0.5) is 0 Å². The lowest BCUT2D eigenvalue weighted by molar-refractivity contribution is -0.293. The molecule has 14 heteroatoms. The van der Waals surface area contributed by atoms with E-state index in [9.17, 15) is 14.4 Å². The van der Waals surface area contributed by atoms with Gasteiger partial charge in [-0.05, 0) is 33.3 Å². The Labute approximate surface area is 261 Å². The molecule has 4 saturated heterocycles. The largest absolute Gasteiger partial charge is 0.463 e. The number of esters is 3. The third-order valence-corrected chi connectivity index (χ3v) is 7.54. The van der Waals surface area contributed by atoms with Crippen LogP contribution < -0.4 is 0 Å². The fourth-order valence-corrected chi connectivity index (χ4v) is 5.91. The summed E-state index contributed by atoms with van der Waals surface area (Å²) in [5.41, 5.74) is 0.758. The molecule has 4 aliphatic heterocycles. The van der Waals surface area contributed by atoms with Gasteiger partial charge < -0.3 is 47.4 Å². The van der Waals surface area contributed by atoms with Crippen LogP contribution in [-0.2, 0) is 61.8 Å². The first-order chi connectivity index (χ1) is 21.2. The molecule has 0 bridgehead atoms. The summed E-state index contributed by atoms with van der Waals surface area (Å²) < 4.78 is 59.9. The van der Waals surface area contributed by atoms with Gasteiger partial charge in [-0.3, -0.25) is 19.4 Å². The number of fused-ring (bicyclic) bond motifs is 3. The van der Waals surface area contributed by atoms with E-state index in [4.69, 9.17) is 47.4 Å². The molecule has 4 aliphatic rings. The maximum Gasteiger partial charge on any atom is 0.303 e. The van der Waals surface area contributed by atoms with E-state index in [1.165, 1.54) is 20.8 Å². The number of hydrogen-bond donors (Lipinski definition) is 0. The SMILES string of the molecule is CC(=O)OC[C@H]1O[C@H](OC[C@H]2O[C@@H]3OC(C)(C)O[C@@H]3[C@H]3OC(C)(C)O[C@H]32)[C@H](N=Cc2ccccc2)[C@@H](OC(C)=O)[C@@H]1OC(C)=O. The maximum atomic E-state index is 12.3. The lowest BCUT2D eigenvalue weighted by atomic mass is 9.96. The topological polar surface area (TPSA) is 156 Å². The summed E-state index contributed by atoms with van der Waals surface area (Å²) in [6, 6.07) is 8.22. The Morgan fingerprint density at radius 1 is 0.756 bits per heavy atom. The number of carbonyl (C=O) groups is 3. The van der Waals surface area contributed by atoms with E-state index in [0.29, 0.717) is 0 Å². The van der Waals surface area contributed by atoms with E-state index in [-0.39, 0.29) is 13.2 Å². The summed E-state index contributed by atoms with van der Waals surface area (Å²) >= 11 is 0. The lowest BCUT2D eigenvalue weighted by Crippen LogP contribution is -2.62. The minimum absolute atomic E-state index is 0.0824. The Morgan fingerprint density at radius 2 is 1.38 bits per heavy atom. The van der Waals surface area contributed by atoms with Crippen molar-refractivity contribution in [2.45, 2.75) is 121 Å². The zero-order valence-electron chi connectivity index (χ0n) is 26.4. The van der Waals surface area contributed by atoms with Crippen molar-refractivity contribution in [1.29, 1.82) is 0 Å². The molecule has 10 atom stereocenters. The molecule has 0 spiro atoms. The molecule has 45 heavy (non-hydrogen) atoms. The zero-order valence-corrected chi connectivity index (χ0v) is 26.4. The third kappa shape index (κ3) is 8.06. The summed E-state index contributed by atoms with van der Waals surface area (Å²) in [4.78, 5) is 40.9. The van der Waals surface area contributed by atoms with Gasteiger partial charge in [0.2, 0.25) is 0 Å². The molecule has 4 heterocycles. The zero-order chi connectivity index (χ0) is 32.5. The predicted molar refractivity (Wildman–Crippen MR) is 153 cm³/mol. The molecule has 0 aromatic heterocycles. The van der Waals surface area contributed by atoms with Crippen LogP contribution in [0.1, 0.15) is 54.0 Å². The summed E-state index contributed by atoms with van der Waals surface area (Å²) in [5, 5.41) is 0. The molecule has 14 nitrogen and oxygen atoms in total. The molecule has 5 rings (SSSR count). The average Bonchev–Trinajstić information content (AvgIpc) is 3.45. The van der Waals surface area contributed by atoms with Crippen molar-refractivity contribution >= 4 is 24.1 Å². The van der Waals surface area contributed by atoms with Crippen molar-refractivity contribution < 1.29 is 61.8 Å². The summed E-state index contributed by atoms with van der Waals surface area (Å²) in [6.45, 7) is 10.5. The monoisotopic (exact) mass is 635 g/mol. The van der Waals surface area contributed by atoms with Crippen molar-refractivity contribution in [3.63, 3.8) is 0 Å². The van der Waals surface area contributed by atoms with E-state index >= 15 is 0 Å². The first-order valence-corrected chi connectivity index (χ1v) is 14.9. The van der Waals surface area contributed by atoms with Gasteiger partial charge in [0.25, 0.3) is 0 Å². The molecule has 0 radical (unpaired) electrons. The van der Waals surface area contributed by atoms with Gasteiger partial charge in [-0.1, -0.05) is 30.3 Å². The van der Waals surface area contributed by atoms with Gasteiger partial charge in [0.15, 0.2) is 36.4 Å². The summed E-state index contributed by atoms with van der Waals surface area (Å²) in [5.74, 6) is -3.70. The smallest absolute Gasteiger partial charge is 0.303 e. The van der Waals surface area contributed by atoms with Crippen LogP contribution in [0.5, 0.6) is 0 Å². The Kier molecular flexibility index (Phi) is 9.94. The van der Waals surface area contributed by atoms with Gasteiger partial charge in [-0.15, -0.1) is 0 Å². The average molecular weight is 636 g/mol. The Hall–Kier alpha value is -2.98. The van der Waals surface area contributed by atoms with Gasteiger partial charge in [0, 0.05) is 27.0 Å². The number of nitrogens with zero attached hydrogens (tertiary/aromatic N) is 1. The highest BCUT2D eigenvalue weighted by Crippen LogP contribution is 2.44. The van der Waals surface area contributed by atoms with Crippen molar-refractivity contribution in [2.75, 3.05) is 13.2 Å². The molecule has 4 fully saturated rings. The van der Waals surface area contributed by atoms with Gasteiger partial charge in [-0.2, -0.15) is 0 Å². The third-order valence-electron chi connectivity index (χ3n) is 7.54. The van der Waals surface area contributed by atoms with Gasteiger partial charge in [-0.25, -0.2) is 0 Å². The van der Waals surface area contributed by atoms with Crippen molar-refractivity contribution in [2.24, 2.45) is 4.99 Å². The minimum Gasteiger partial charge on any atom is -0.463 e. The molecule has 1 aromatic carbocycles. The van der Waals surface area contributed by atoms with Gasteiger partial charge in [0.1, 0.15) is 43.2 Å². The number of carbonyl (C=O) groups excluding carboxylic acids is 3. The van der Waals surface area contributed by atoms with E-state index in [1.807, 2.05) is 30.3 Å². The minimum atomic E-state index is -1.17. The van der Waals surface area contributed by atoms with Crippen LogP contribution in [0.2, 0.25) is 0 Å². The maximum absolute atomic E-state index is 12.3. The van der Waals surface area contributed by atoms with Crippen LogP contribution >= 0.6 is 0 Å². The van der Waals surface area contributed by atoms with E-state index < -0.39 is 90.8 Å². The molecule has 0 aliphatic carbocycles. The standard InChI is InChI=1S/C31H41NO13/c1-16(33)36-14-20-23(38-17(2)34)25(39-18(3)35)22(32-13-19-11-9-8-10-12-19)28(40-20)37-15-21-24-26(43-30(4,5)42-24)27-29(41-21)45-31(6,7)44-27/h8-13,20-29H,14-15H2,1-7H3/t20-,21-,22-,23-,24+,25-,26+,27-,28+,29-/m1/s1. The molecule has 1 aromatic rings. The second-order valence-electron chi connectivity index (χ2n) is 12.2. The molecule has 248 valence electrons. The molecule has 0 amide bonds. The van der Waals surface area contributed by atoms with Crippen LogP contribution in [0.3, 0.4) is 0 Å². The molecular weight excluding hydrogens is 594 g/mol. The van der Waals surface area contributed by atoms with E-state index in [0.717, 1.165) is 5.56 Å². The number of aliphatic imine (C=N–C) groups is 1. The number of hydrogen-bond acceptors (Lipinski definition) is 14. The Bertz CT molecular complexity index is 1250. The fraction of sp³-hybridized carbons (Fsp3) is 0.677. The molecule has 0 unspecified atom stereocenters. The highest BCUT2D eigenvalue weighted by atomic mass is 16.9. The second-order valence-corrected chi connectivity index (χ2v) is 12.2. The van der Waals surface area contributed by atoms with Crippen molar-refractivity contribution in [3.05, 3.63) is 35.9 Å². The predicted octanol–water partition coefficient (Wildman–Crippen LogP) is 2.04. The highest BCUT2D eigenvalue weighted by molar-refractivity contribution is 5.79. The van der Waals surface area contributed by atoms with Crippen LogP contribution in [0.25, 0.3) is 0 Å². The summed E-state index contributed by atoms with van der Waals surface area (Å²) in [6.07, 6.45) is -6.03. The van der Waals surface area contributed by atoms with E-state index in [1.54, 1.807) is 33.9 Å². The highest BCUT2D eigenvalue weighted by Gasteiger charge is 2.61. The molecular formula is C31H41NO13. The number of benzene rings is 1. The van der Waals surface area contributed by atoms with Gasteiger partial charge in [0.05, 0.1) is 6.61 Å². The normalized spacial score (nSPS) is 36.6. The first-order valence-electron chi connectivity index (χ1n) is 14.9.